The average molecular weight is 163 g/mol. The minimum atomic E-state index is -0.269. The smallest absolute Gasteiger partial charge is 0.250 e. The van der Waals surface area contributed by atoms with E-state index >= 15 is 0 Å². The zero-order chi connectivity index (χ0) is 8.18. The van der Waals surface area contributed by atoms with Crippen molar-refractivity contribution in [2.45, 2.75) is 18.4 Å². The second kappa shape index (κ2) is 1.65. The van der Waals surface area contributed by atoms with Crippen LogP contribution in [0.2, 0.25) is 0 Å². The SMILES string of the molecule is O=C1Nc2c[nH]cc2NC12CC2. The Morgan fingerprint density at radius 2 is 2.00 bits per heavy atom. The Morgan fingerprint density at radius 3 is 2.75 bits per heavy atom. The van der Waals surface area contributed by atoms with E-state index in [1.54, 1.807) is 6.20 Å². The van der Waals surface area contributed by atoms with E-state index in [0.717, 1.165) is 24.2 Å². The molecule has 0 atom stereocenters. The topological polar surface area (TPSA) is 56.9 Å². The van der Waals surface area contributed by atoms with Crippen molar-refractivity contribution in [2.24, 2.45) is 0 Å². The predicted molar refractivity (Wildman–Crippen MR) is 45.0 cm³/mol. The fraction of sp³-hybridized carbons (Fsp3) is 0.375. The van der Waals surface area contributed by atoms with E-state index in [9.17, 15) is 4.79 Å². The molecule has 0 radical (unpaired) electrons. The molecule has 3 rings (SSSR count). The largest absolute Gasteiger partial charge is 0.368 e. The molecular weight excluding hydrogens is 154 g/mol. The fourth-order valence-corrected chi connectivity index (χ4v) is 1.60. The van der Waals surface area contributed by atoms with Crippen LogP contribution in [0.3, 0.4) is 0 Å². The Balaban J connectivity index is 2.07. The molecule has 1 saturated carbocycles. The number of nitrogens with one attached hydrogen (secondary N) is 3. The number of hydrogen-bond donors (Lipinski definition) is 3. The van der Waals surface area contributed by atoms with Crippen molar-refractivity contribution in [3.05, 3.63) is 12.4 Å². The van der Waals surface area contributed by atoms with Gasteiger partial charge in [0.05, 0.1) is 11.4 Å². The summed E-state index contributed by atoms with van der Waals surface area (Å²) >= 11 is 0. The Labute approximate surface area is 69.3 Å². The van der Waals surface area contributed by atoms with Gasteiger partial charge in [-0.05, 0) is 12.8 Å². The third-order valence-corrected chi connectivity index (χ3v) is 2.55. The number of hydrogen-bond acceptors (Lipinski definition) is 2. The molecule has 4 nitrogen and oxygen atoms in total. The number of amides is 1. The van der Waals surface area contributed by atoms with Crippen LogP contribution < -0.4 is 10.6 Å². The van der Waals surface area contributed by atoms with Crippen molar-refractivity contribution in [3.8, 4) is 0 Å². The van der Waals surface area contributed by atoms with Crippen molar-refractivity contribution in [3.63, 3.8) is 0 Å². The third-order valence-electron chi connectivity index (χ3n) is 2.55. The number of fused-ring (bicyclic) bond motifs is 1. The molecule has 12 heavy (non-hydrogen) atoms. The van der Waals surface area contributed by atoms with E-state index in [2.05, 4.69) is 15.6 Å². The van der Waals surface area contributed by atoms with Gasteiger partial charge in [-0.15, -0.1) is 0 Å². The summed E-state index contributed by atoms with van der Waals surface area (Å²) in [7, 11) is 0. The van der Waals surface area contributed by atoms with Crippen LogP contribution in [0.25, 0.3) is 0 Å². The molecule has 1 aromatic heterocycles. The summed E-state index contributed by atoms with van der Waals surface area (Å²) in [6.07, 6.45) is 5.55. The summed E-state index contributed by atoms with van der Waals surface area (Å²) in [5.41, 5.74) is 1.60. The molecule has 1 aliphatic carbocycles. The van der Waals surface area contributed by atoms with Crippen LogP contribution >= 0.6 is 0 Å². The number of H-pyrrole nitrogens is 1. The number of aromatic amines is 1. The molecular formula is C8H9N3O. The van der Waals surface area contributed by atoms with Gasteiger partial charge in [-0.3, -0.25) is 4.79 Å². The highest BCUT2D eigenvalue weighted by atomic mass is 16.2. The normalized spacial score (nSPS) is 22.8. The molecule has 1 aliphatic heterocycles. The Hall–Kier alpha value is -1.45. The first kappa shape index (κ1) is 6.11. The Bertz CT molecular complexity index is 351. The first-order valence-corrected chi connectivity index (χ1v) is 4.07. The highest BCUT2D eigenvalue weighted by molar-refractivity contribution is 6.07. The van der Waals surface area contributed by atoms with Crippen molar-refractivity contribution in [1.29, 1.82) is 0 Å². The quantitative estimate of drug-likeness (QED) is 0.532. The first-order chi connectivity index (χ1) is 5.80. The molecule has 0 aromatic carbocycles. The van der Waals surface area contributed by atoms with E-state index < -0.39 is 0 Å². The van der Waals surface area contributed by atoms with E-state index in [-0.39, 0.29) is 11.4 Å². The molecule has 0 saturated heterocycles. The lowest BCUT2D eigenvalue weighted by molar-refractivity contribution is -0.117. The van der Waals surface area contributed by atoms with E-state index in [0.29, 0.717) is 0 Å². The van der Waals surface area contributed by atoms with Gasteiger partial charge < -0.3 is 15.6 Å². The molecule has 1 amide bonds. The minimum Gasteiger partial charge on any atom is -0.368 e. The van der Waals surface area contributed by atoms with E-state index in [1.807, 2.05) is 6.20 Å². The van der Waals surface area contributed by atoms with Crippen LogP contribution in [0, 0.1) is 0 Å². The van der Waals surface area contributed by atoms with Crippen LogP contribution in [-0.4, -0.2) is 16.4 Å². The van der Waals surface area contributed by atoms with Crippen LogP contribution in [0.5, 0.6) is 0 Å². The zero-order valence-corrected chi connectivity index (χ0v) is 6.48. The maximum Gasteiger partial charge on any atom is 0.250 e. The predicted octanol–water partition coefficient (Wildman–Crippen LogP) is 0.911. The van der Waals surface area contributed by atoms with Gasteiger partial charge in [0, 0.05) is 12.4 Å². The third kappa shape index (κ3) is 0.598. The molecule has 1 fully saturated rings. The lowest BCUT2D eigenvalue weighted by atomic mass is 10.2. The highest BCUT2D eigenvalue weighted by Gasteiger charge is 2.52. The lowest BCUT2D eigenvalue weighted by Gasteiger charge is -2.23. The molecule has 1 aromatic rings. The van der Waals surface area contributed by atoms with Gasteiger partial charge in [-0.2, -0.15) is 0 Å². The van der Waals surface area contributed by atoms with Gasteiger partial charge in [-0.25, -0.2) is 0 Å². The fourth-order valence-electron chi connectivity index (χ4n) is 1.60. The maximum absolute atomic E-state index is 11.5. The lowest BCUT2D eigenvalue weighted by Crippen LogP contribution is -2.40. The van der Waals surface area contributed by atoms with Crippen LogP contribution in [0.4, 0.5) is 11.4 Å². The highest BCUT2D eigenvalue weighted by Crippen LogP contribution is 2.44. The van der Waals surface area contributed by atoms with Crippen LogP contribution in [0.15, 0.2) is 12.4 Å². The summed E-state index contributed by atoms with van der Waals surface area (Å²) in [4.78, 5) is 14.4. The van der Waals surface area contributed by atoms with Crippen LogP contribution in [-0.2, 0) is 4.79 Å². The van der Waals surface area contributed by atoms with Crippen molar-refractivity contribution >= 4 is 17.3 Å². The molecule has 2 heterocycles. The minimum absolute atomic E-state index is 0.106. The standard InChI is InChI=1S/C8H9N3O/c12-7-8(1-2-8)11-6-4-9-3-5(6)10-7/h3-4,9,11H,1-2H2,(H,10,12). The van der Waals surface area contributed by atoms with E-state index in [4.69, 9.17) is 0 Å². The Kier molecular flexibility index (Phi) is 0.842. The molecule has 4 heteroatoms. The number of aromatic nitrogens is 1. The maximum atomic E-state index is 11.5. The van der Waals surface area contributed by atoms with Gasteiger partial charge in [0.15, 0.2) is 0 Å². The average Bonchev–Trinajstić information content (AvgIpc) is 2.67. The van der Waals surface area contributed by atoms with Crippen molar-refractivity contribution < 1.29 is 4.79 Å². The zero-order valence-electron chi connectivity index (χ0n) is 6.48. The second-order valence-corrected chi connectivity index (χ2v) is 3.44. The van der Waals surface area contributed by atoms with Gasteiger partial charge in [0.25, 0.3) is 0 Å². The molecule has 1 spiro atoms. The van der Waals surface area contributed by atoms with Crippen molar-refractivity contribution in [2.75, 3.05) is 10.6 Å². The number of carbonyl (C=O) groups excluding carboxylic acids is 1. The second-order valence-electron chi connectivity index (χ2n) is 3.44. The number of rotatable bonds is 0. The van der Waals surface area contributed by atoms with Gasteiger partial charge in [-0.1, -0.05) is 0 Å². The molecule has 2 aliphatic rings. The molecule has 3 N–H and O–H groups in total. The monoisotopic (exact) mass is 163 g/mol. The van der Waals surface area contributed by atoms with Gasteiger partial charge >= 0.3 is 0 Å². The van der Waals surface area contributed by atoms with E-state index in [1.165, 1.54) is 0 Å². The molecule has 62 valence electrons. The van der Waals surface area contributed by atoms with Gasteiger partial charge in [0.2, 0.25) is 5.91 Å². The summed E-state index contributed by atoms with van der Waals surface area (Å²) in [5.74, 6) is 0.106. The summed E-state index contributed by atoms with van der Waals surface area (Å²) < 4.78 is 0. The van der Waals surface area contributed by atoms with Crippen molar-refractivity contribution in [1.82, 2.24) is 4.98 Å². The first-order valence-electron chi connectivity index (χ1n) is 4.07. The molecule has 0 unspecified atom stereocenters. The Morgan fingerprint density at radius 1 is 1.25 bits per heavy atom. The van der Waals surface area contributed by atoms with Gasteiger partial charge in [0.1, 0.15) is 5.54 Å². The van der Waals surface area contributed by atoms with Crippen LogP contribution in [0.1, 0.15) is 12.8 Å². The number of carbonyl (C=O) groups is 1. The summed E-state index contributed by atoms with van der Waals surface area (Å²) in [6, 6.07) is 0. The summed E-state index contributed by atoms with van der Waals surface area (Å²) in [5, 5.41) is 6.09. The summed E-state index contributed by atoms with van der Waals surface area (Å²) in [6.45, 7) is 0. The number of anilines is 2. The molecule has 0 bridgehead atoms.